The molecule has 1 heterocycles. The second-order valence-electron chi connectivity index (χ2n) is 10.9. The van der Waals surface area contributed by atoms with E-state index in [0.717, 1.165) is 11.1 Å². The SMILES string of the molecule is CC(C)[C@@H](CS(=O)(=O)C(C)C)N1C(=O)[C@@](C)(CC(=O)O)CC(c2cccc(Cl)c2)[C@H]1c1ccc(Cl)cc1. The van der Waals surface area contributed by atoms with Gasteiger partial charge in [-0.25, -0.2) is 8.42 Å². The van der Waals surface area contributed by atoms with Crippen molar-refractivity contribution < 1.29 is 23.1 Å². The summed E-state index contributed by atoms with van der Waals surface area (Å²) in [7, 11) is -3.53. The summed E-state index contributed by atoms with van der Waals surface area (Å²) in [6.45, 7) is 8.71. The number of sulfone groups is 1. The highest BCUT2D eigenvalue weighted by Crippen LogP contribution is 2.52. The Kier molecular flexibility index (Phi) is 9.03. The molecular formula is C28H35Cl2NO5S. The van der Waals surface area contributed by atoms with Crippen LogP contribution in [-0.4, -0.2) is 47.3 Å². The first-order chi connectivity index (χ1) is 17.2. The highest BCUT2D eigenvalue weighted by molar-refractivity contribution is 7.92. The van der Waals surface area contributed by atoms with Crippen LogP contribution in [0, 0.1) is 11.3 Å². The molecular weight excluding hydrogens is 533 g/mol. The summed E-state index contributed by atoms with van der Waals surface area (Å²) < 4.78 is 26.3. The minimum Gasteiger partial charge on any atom is -0.481 e. The number of hydrogen-bond acceptors (Lipinski definition) is 4. The Labute approximate surface area is 229 Å². The Bertz CT molecular complexity index is 1250. The standard InChI is InChI=1S/C28H35Cl2NO5S/c1-17(2)24(16-37(35,36)18(3)4)31-26(19-9-11-21(29)12-10-19)23(20-7-6-8-22(30)13-20)14-28(5,27(31)34)15-25(32)33/h6-13,17-18,23-24,26H,14-16H2,1-5H3,(H,32,33)/t23?,24-,26-,28-/m1/s1. The zero-order chi connectivity index (χ0) is 27.7. The van der Waals surface area contributed by atoms with Crippen LogP contribution in [0.15, 0.2) is 48.5 Å². The molecule has 0 aromatic heterocycles. The van der Waals surface area contributed by atoms with Gasteiger partial charge in [0.15, 0.2) is 9.84 Å². The molecule has 4 atom stereocenters. The van der Waals surface area contributed by atoms with Gasteiger partial charge in [-0.15, -0.1) is 0 Å². The van der Waals surface area contributed by atoms with Crippen LogP contribution in [0.3, 0.4) is 0 Å². The summed E-state index contributed by atoms with van der Waals surface area (Å²) in [5.41, 5.74) is 0.416. The first kappa shape index (κ1) is 29.5. The summed E-state index contributed by atoms with van der Waals surface area (Å²) in [6.07, 6.45) is -0.0987. The van der Waals surface area contributed by atoms with Crippen molar-refractivity contribution in [1.82, 2.24) is 4.90 Å². The largest absolute Gasteiger partial charge is 0.481 e. The number of hydrogen-bond donors (Lipinski definition) is 1. The van der Waals surface area contributed by atoms with E-state index in [9.17, 15) is 23.1 Å². The second-order valence-corrected chi connectivity index (χ2v) is 14.4. The van der Waals surface area contributed by atoms with Crippen molar-refractivity contribution in [1.29, 1.82) is 0 Å². The molecule has 202 valence electrons. The summed E-state index contributed by atoms with van der Waals surface area (Å²) in [5.74, 6) is -2.19. The predicted molar refractivity (Wildman–Crippen MR) is 148 cm³/mol. The van der Waals surface area contributed by atoms with E-state index >= 15 is 0 Å². The van der Waals surface area contributed by atoms with Gasteiger partial charge < -0.3 is 10.0 Å². The molecule has 0 spiro atoms. The monoisotopic (exact) mass is 567 g/mol. The Morgan fingerprint density at radius 3 is 2.19 bits per heavy atom. The number of benzene rings is 2. The number of halogens is 2. The molecule has 37 heavy (non-hydrogen) atoms. The maximum absolute atomic E-state index is 14.3. The van der Waals surface area contributed by atoms with Gasteiger partial charge in [-0.1, -0.05) is 68.2 Å². The van der Waals surface area contributed by atoms with Crippen molar-refractivity contribution in [2.45, 2.75) is 70.7 Å². The van der Waals surface area contributed by atoms with Crippen LogP contribution in [0.25, 0.3) is 0 Å². The molecule has 1 aliphatic heterocycles. The molecule has 9 heteroatoms. The van der Waals surface area contributed by atoms with Gasteiger partial charge in [0.2, 0.25) is 5.91 Å². The maximum Gasteiger partial charge on any atom is 0.304 e. The lowest BCUT2D eigenvalue weighted by atomic mass is 9.66. The van der Waals surface area contributed by atoms with Gasteiger partial charge in [0.25, 0.3) is 0 Å². The second kappa shape index (κ2) is 11.3. The minimum atomic E-state index is -3.53. The normalized spacial score (nSPS) is 23.5. The average molecular weight is 569 g/mol. The lowest BCUT2D eigenvalue weighted by Gasteiger charge is -2.52. The highest BCUT2D eigenvalue weighted by atomic mass is 35.5. The van der Waals surface area contributed by atoms with Crippen LogP contribution in [0.4, 0.5) is 0 Å². The van der Waals surface area contributed by atoms with Crippen LogP contribution >= 0.6 is 23.2 Å². The number of likely N-dealkylation sites (tertiary alicyclic amines) is 1. The molecule has 1 unspecified atom stereocenters. The molecule has 2 aromatic rings. The van der Waals surface area contributed by atoms with Gasteiger partial charge in [0.05, 0.1) is 28.9 Å². The summed E-state index contributed by atoms with van der Waals surface area (Å²) in [5, 5.41) is 10.2. The number of amides is 1. The fourth-order valence-electron chi connectivity index (χ4n) is 5.27. The topological polar surface area (TPSA) is 91.8 Å². The lowest BCUT2D eigenvalue weighted by Crippen LogP contribution is -2.59. The average Bonchev–Trinajstić information content (AvgIpc) is 2.79. The fourth-order valence-corrected chi connectivity index (χ4v) is 7.00. The van der Waals surface area contributed by atoms with Crippen LogP contribution in [0.1, 0.15) is 70.5 Å². The van der Waals surface area contributed by atoms with Crippen molar-refractivity contribution in [3.05, 3.63) is 69.7 Å². The highest BCUT2D eigenvalue weighted by Gasteiger charge is 2.53. The van der Waals surface area contributed by atoms with E-state index in [0.29, 0.717) is 10.0 Å². The van der Waals surface area contributed by atoms with Crippen LogP contribution < -0.4 is 0 Å². The molecule has 0 bridgehead atoms. The summed E-state index contributed by atoms with van der Waals surface area (Å²) in [6, 6.07) is 13.3. The Morgan fingerprint density at radius 1 is 1.05 bits per heavy atom. The van der Waals surface area contributed by atoms with Gasteiger partial charge in [-0.3, -0.25) is 9.59 Å². The predicted octanol–water partition coefficient (Wildman–Crippen LogP) is 6.38. The van der Waals surface area contributed by atoms with Crippen LogP contribution in [0.2, 0.25) is 10.0 Å². The number of carbonyl (C=O) groups excluding carboxylic acids is 1. The van der Waals surface area contributed by atoms with Gasteiger partial charge in [0.1, 0.15) is 0 Å². The smallest absolute Gasteiger partial charge is 0.304 e. The number of aliphatic carboxylic acids is 1. The van der Waals surface area contributed by atoms with Crippen LogP contribution in [-0.2, 0) is 19.4 Å². The number of piperidine rings is 1. The molecule has 6 nitrogen and oxygen atoms in total. The third kappa shape index (κ3) is 6.50. The molecule has 1 N–H and O–H groups in total. The third-order valence-corrected chi connectivity index (χ3v) is 10.1. The van der Waals surface area contributed by atoms with E-state index < -0.39 is 38.6 Å². The van der Waals surface area contributed by atoms with E-state index in [1.54, 1.807) is 43.9 Å². The Hall–Kier alpha value is -2.09. The molecule has 0 aliphatic carbocycles. The van der Waals surface area contributed by atoms with E-state index in [4.69, 9.17) is 23.2 Å². The molecule has 1 aliphatic rings. The van der Waals surface area contributed by atoms with E-state index in [1.807, 2.05) is 44.2 Å². The fraction of sp³-hybridized carbons (Fsp3) is 0.500. The Morgan fingerprint density at radius 2 is 1.68 bits per heavy atom. The number of carbonyl (C=O) groups is 2. The molecule has 1 fully saturated rings. The zero-order valence-corrected chi connectivity index (χ0v) is 24.1. The maximum atomic E-state index is 14.3. The van der Waals surface area contributed by atoms with Crippen molar-refractivity contribution in [3.8, 4) is 0 Å². The number of carboxylic acids is 1. The van der Waals surface area contributed by atoms with Crippen LogP contribution in [0.5, 0.6) is 0 Å². The zero-order valence-electron chi connectivity index (χ0n) is 21.8. The molecule has 1 saturated heterocycles. The Balaban J connectivity index is 2.30. The molecule has 2 aromatic carbocycles. The lowest BCUT2D eigenvalue weighted by molar-refractivity contribution is -0.161. The molecule has 3 rings (SSSR count). The van der Waals surface area contributed by atoms with E-state index in [-0.39, 0.29) is 36.3 Å². The van der Waals surface area contributed by atoms with Gasteiger partial charge in [-0.2, -0.15) is 0 Å². The van der Waals surface area contributed by atoms with E-state index in [1.165, 1.54) is 0 Å². The number of carboxylic acid groups (broad SMARTS) is 1. The first-order valence-electron chi connectivity index (χ1n) is 12.4. The molecule has 0 radical (unpaired) electrons. The number of rotatable bonds is 9. The van der Waals surface area contributed by atoms with Gasteiger partial charge >= 0.3 is 5.97 Å². The minimum absolute atomic E-state index is 0.209. The van der Waals surface area contributed by atoms with Gasteiger partial charge in [-0.05, 0) is 61.6 Å². The first-order valence-corrected chi connectivity index (χ1v) is 14.9. The third-order valence-electron chi connectivity index (χ3n) is 7.38. The summed E-state index contributed by atoms with van der Waals surface area (Å²) >= 11 is 12.5. The molecule has 0 saturated carbocycles. The molecule has 1 amide bonds. The van der Waals surface area contributed by atoms with Gasteiger partial charge in [0, 0.05) is 22.0 Å². The number of nitrogens with zero attached hydrogens (tertiary/aromatic N) is 1. The van der Waals surface area contributed by atoms with Crippen molar-refractivity contribution in [2.75, 3.05) is 5.75 Å². The quantitative estimate of drug-likeness (QED) is 0.379. The van der Waals surface area contributed by atoms with Crippen molar-refractivity contribution in [2.24, 2.45) is 11.3 Å². The summed E-state index contributed by atoms with van der Waals surface area (Å²) in [4.78, 5) is 27.9. The van der Waals surface area contributed by atoms with E-state index in [2.05, 4.69) is 0 Å². The van der Waals surface area contributed by atoms with Crippen molar-refractivity contribution >= 4 is 44.9 Å². The van der Waals surface area contributed by atoms with Crippen molar-refractivity contribution in [3.63, 3.8) is 0 Å².